The van der Waals surface area contributed by atoms with Gasteiger partial charge in [-0.25, -0.2) is 8.78 Å². The minimum atomic E-state index is -0.805. The molecule has 4 heteroatoms. The Morgan fingerprint density at radius 3 is 2.50 bits per heavy atom. The Hall–Kier alpha value is -1.39. The molecule has 0 bridgehead atoms. The summed E-state index contributed by atoms with van der Waals surface area (Å²) in [5, 5.41) is 3.31. The number of benzene rings is 2. The third-order valence-electron chi connectivity index (χ3n) is 3.01. The van der Waals surface area contributed by atoms with E-state index in [4.69, 9.17) is 0 Å². The van der Waals surface area contributed by atoms with Crippen molar-refractivity contribution < 1.29 is 8.78 Å². The van der Waals surface area contributed by atoms with E-state index in [0.717, 1.165) is 17.9 Å². The van der Waals surface area contributed by atoms with Crippen molar-refractivity contribution in [1.29, 1.82) is 0 Å². The molecule has 1 N–H and O–H groups in total. The molecular weight excluding hydrogens is 276 g/mol. The third kappa shape index (κ3) is 4.32. The van der Waals surface area contributed by atoms with Gasteiger partial charge in [-0.3, -0.25) is 0 Å². The van der Waals surface area contributed by atoms with Gasteiger partial charge in [-0.15, -0.1) is 11.8 Å². The number of hydrogen-bond acceptors (Lipinski definition) is 2. The first kappa shape index (κ1) is 15.0. The molecule has 2 rings (SSSR count). The molecule has 1 nitrogen and oxygen atoms in total. The normalized spacial score (nSPS) is 12.3. The van der Waals surface area contributed by atoms with E-state index in [1.807, 2.05) is 25.1 Å². The smallest absolute Gasteiger partial charge is 0.159 e. The second-order valence-electron chi connectivity index (χ2n) is 4.51. The molecule has 0 heterocycles. The first-order valence-electron chi connectivity index (χ1n) is 6.53. The van der Waals surface area contributed by atoms with Gasteiger partial charge in [0.05, 0.1) is 0 Å². The van der Waals surface area contributed by atoms with Crippen LogP contribution in [-0.4, -0.2) is 12.3 Å². The second kappa shape index (κ2) is 7.41. The Kier molecular flexibility index (Phi) is 5.56. The van der Waals surface area contributed by atoms with E-state index in [0.29, 0.717) is 0 Å². The summed E-state index contributed by atoms with van der Waals surface area (Å²) in [6.07, 6.45) is 0. The molecule has 0 aliphatic carbocycles. The zero-order chi connectivity index (χ0) is 14.4. The summed E-state index contributed by atoms with van der Waals surface area (Å²) in [4.78, 5) is 1.23. The summed E-state index contributed by atoms with van der Waals surface area (Å²) in [6, 6.07) is 14.2. The van der Waals surface area contributed by atoms with Crippen molar-refractivity contribution in [3.63, 3.8) is 0 Å². The highest BCUT2D eigenvalue weighted by molar-refractivity contribution is 7.99. The fourth-order valence-electron chi connectivity index (χ4n) is 1.86. The van der Waals surface area contributed by atoms with Crippen LogP contribution in [0.25, 0.3) is 0 Å². The van der Waals surface area contributed by atoms with E-state index >= 15 is 0 Å². The minimum Gasteiger partial charge on any atom is -0.309 e. The maximum absolute atomic E-state index is 13.1. The SMILES string of the molecule is CC(NCCSc1ccccc1)c1ccc(F)c(F)c1. The lowest BCUT2D eigenvalue weighted by Crippen LogP contribution is -2.21. The van der Waals surface area contributed by atoms with E-state index in [1.165, 1.54) is 17.0 Å². The molecule has 106 valence electrons. The van der Waals surface area contributed by atoms with Gasteiger partial charge in [0, 0.05) is 23.2 Å². The monoisotopic (exact) mass is 293 g/mol. The quantitative estimate of drug-likeness (QED) is 0.625. The highest BCUT2D eigenvalue weighted by Gasteiger charge is 2.08. The van der Waals surface area contributed by atoms with Gasteiger partial charge in [0.25, 0.3) is 0 Å². The van der Waals surface area contributed by atoms with E-state index in [2.05, 4.69) is 17.4 Å². The van der Waals surface area contributed by atoms with Gasteiger partial charge in [-0.1, -0.05) is 24.3 Å². The molecular formula is C16H17F2NS. The molecule has 0 aromatic heterocycles. The summed E-state index contributed by atoms with van der Waals surface area (Å²) in [6.45, 7) is 2.75. The fraction of sp³-hybridized carbons (Fsp3) is 0.250. The first-order valence-corrected chi connectivity index (χ1v) is 7.51. The summed E-state index contributed by atoms with van der Waals surface area (Å²) in [5.74, 6) is -0.673. The maximum Gasteiger partial charge on any atom is 0.159 e. The molecule has 0 aliphatic rings. The number of halogens is 2. The fourth-order valence-corrected chi connectivity index (χ4v) is 2.67. The zero-order valence-electron chi connectivity index (χ0n) is 11.3. The molecule has 1 unspecified atom stereocenters. The highest BCUT2D eigenvalue weighted by Crippen LogP contribution is 2.18. The maximum atomic E-state index is 13.1. The molecule has 0 fully saturated rings. The van der Waals surface area contributed by atoms with Crippen molar-refractivity contribution in [3.8, 4) is 0 Å². The van der Waals surface area contributed by atoms with Crippen molar-refractivity contribution in [3.05, 3.63) is 65.7 Å². The minimum absolute atomic E-state index is 0.00136. The highest BCUT2D eigenvalue weighted by atomic mass is 32.2. The second-order valence-corrected chi connectivity index (χ2v) is 5.68. The van der Waals surface area contributed by atoms with Gasteiger partial charge in [0.2, 0.25) is 0 Å². The van der Waals surface area contributed by atoms with Gasteiger partial charge >= 0.3 is 0 Å². The van der Waals surface area contributed by atoms with Crippen molar-refractivity contribution in [1.82, 2.24) is 5.32 Å². The van der Waals surface area contributed by atoms with Crippen LogP contribution < -0.4 is 5.32 Å². The van der Waals surface area contributed by atoms with Crippen LogP contribution in [0.15, 0.2) is 53.4 Å². The Morgan fingerprint density at radius 1 is 1.05 bits per heavy atom. The van der Waals surface area contributed by atoms with Crippen LogP contribution in [0.5, 0.6) is 0 Å². The molecule has 2 aromatic rings. The van der Waals surface area contributed by atoms with E-state index in [9.17, 15) is 8.78 Å². The topological polar surface area (TPSA) is 12.0 Å². The average Bonchev–Trinajstić information content (AvgIpc) is 2.47. The molecule has 0 amide bonds. The number of hydrogen-bond donors (Lipinski definition) is 1. The molecule has 0 radical (unpaired) electrons. The van der Waals surface area contributed by atoms with Crippen LogP contribution in [-0.2, 0) is 0 Å². The molecule has 0 saturated carbocycles. The average molecular weight is 293 g/mol. The van der Waals surface area contributed by atoms with Crippen molar-refractivity contribution in [2.75, 3.05) is 12.3 Å². The van der Waals surface area contributed by atoms with Gasteiger partial charge < -0.3 is 5.32 Å². The summed E-state index contributed by atoms with van der Waals surface area (Å²) >= 11 is 1.77. The van der Waals surface area contributed by atoms with Gasteiger partial charge in [0.15, 0.2) is 11.6 Å². The molecule has 0 saturated heterocycles. The standard InChI is InChI=1S/C16H17F2NS/c1-12(13-7-8-15(17)16(18)11-13)19-9-10-20-14-5-3-2-4-6-14/h2-8,11-12,19H,9-10H2,1H3. The van der Waals surface area contributed by atoms with Gasteiger partial charge in [0.1, 0.15) is 0 Å². The third-order valence-corrected chi connectivity index (χ3v) is 4.02. The summed E-state index contributed by atoms with van der Waals surface area (Å²) in [7, 11) is 0. The largest absolute Gasteiger partial charge is 0.309 e. The van der Waals surface area contributed by atoms with Gasteiger partial charge in [-0.2, -0.15) is 0 Å². The Morgan fingerprint density at radius 2 is 1.80 bits per heavy atom. The summed E-state index contributed by atoms with van der Waals surface area (Å²) < 4.78 is 26.0. The van der Waals surface area contributed by atoms with Gasteiger partial charge in [-0.05, 0) is 36.8 Å². The van der Waals surface area contributed by atoms with Crippen LogP contribution in [0.3, 0.4) is 0 Å². The molecule has 0 aliphatic heterocycles. The first-order chi connectivity index (χ1) is 9.66. The van der Waals surface area contributed by atoms with Crippen LogP contribution in [0.2, 0.25) is 0 Å². The summed E-state index contributed by atoms with van der Waals surface area (Å²) in [5.41, 5.74) is 0.758. The predicted octanol–water partition coefficient (Wildman–Crippen LogP) is 4.41. The van der Waals surface area contributed by atoms with E-state index < -0.39 is 11.6 Å². The number of thioether (sulfide) groups is 1. The lowest BCUT2D eigenvalue weighted by molar-refractivity contribution is 0.502. The Labute approximate surface area is 122 Å². The lowest BCUT2D eigenvalue weighted by atomic mass is 10.1. The van der Waals surface area contributed by atoms with Crippen LogP contribution in [0, 0.1) is 11.6 Å². The zero-order valence-corrected chi connectivity index (χ0v) is 12.1. The number of rotatable bonds is 6. The molecule has 2 aromatic carbocycles. The van der Waals surface area contributed by atoms with Crippen LogP contribution >= 0.6 is 11.8 Å². The lowest BCUT2D eigenvalue weighted by Gasteiger charge is -2.14. The van der Waals surface area contributed by atoms with Crippen molar-refractivity contribution >= 4 is 11.8 Å². The van der Waals surface area contributed by atoms with E-state index in [-0.39, 0.29) is 6.04 Å². The van der Waals surface area contributed by atoms with Crippen LogP contribution in [0.1, 0.15) is 18.5 Å². The Bertz CT molecular complexity index is 545. The predicted molar refractivity (Wildman–Crippen MR) is 79.9 cm³/mol. The van der Waals surface area contributed by atoms with Crippen molar-refractivity contribution in [2.45, 2.75) is 17.9 Å². The van der Waals surface area contributed by atoms with E-state index in [1.54, 1.807) is 17.8 Å². The molecule has 1 atom stereocenters. The Balaban J connectivity index is 1.77. The molecule has 20 heavy (non-hydrogen) atoms. The molecule has 0 spiro atoms. The van der Waals surface area contributed by atoms with Crippen molar-refractivity contribution in [2.24, 2.45) is 0 Å². The number of nitrogens with one attached hydrogen (secondary N) is 1. The van der Waals surface area contributed by atoms with Crippen LogP contribution in [0.4, 0.5) is 8.78 Å².